The van der Waals surface area contributed by atoms with Gasteiger partial charge in [0.1, 0.15) is 6.10 Å². The molecule has 0 aliphatic rings. The van der Waals surface area contributed by atoms with E-state index in [4.69, 9.17) is 4.74 Å². The summed E-state index contributed by atoms with van der Waals surface area (Å²) < 4.78 is 5.39. The van der Waals surface area contributed by atoms with Crippen LogP contribution in [0.25, 0.3) is 0 Å². The maximum atomic E-state index is 12.0. The second kappa shape index (κ2) is 8.64. The summed E-state index contributed by atoms with van der Waals surface area (Å²) in [5.74, 6) is -1.39. The number of carbonyl (C=O) groups is 2. The molecule has 0 spiro atoms. The van der Waals surface area contributed by atoms with Crippen molar-refractivity contribution < 1.29 is 14.3 Å². The van der Waals surface area contributed by atoms with Crippen LogP contribution in [0.2, 0.25) is 0 Å². The number of ether oxygens (including phenoxy) is 1. The summed E-state index contributed by atoms with van der Waals surface area (Å²) in [6.45, 7) is 2.25. The van der Waals surface area contributed by atoms with E-state index in [0.29, 0.717) is 5.69 Å². The molecule has 2 amide bonds. The second-order valence-corrected chi connectivity index (χ2v) is 7.10. The van der Waals surface area contributed by atoms with Crippen molar-refractivity contribution in [2.24, 2.45) is 0 Å². The van der Waals surface area contributed by atoms with Gasteiger partial charge < -0.3 is 20.3 Å². The highest BCUT2D eigenvalue weighted by molar-refractivity contribution is 7.12. The number of amides is 2. The van der Waals surface area contributed by atoms with Crippen LogP contribution in [0.1, 0.15) is 15.9 Å². The van der Waals surface area contributed by atoms with Gasteiger partial charge in [-0.05, 0) is 43.3 Å². The predicted molar refractivity (Wildman–Crippen MR) is 101 cm³/mol. The van der Waals surface area contributed by atoms with Crippen LogP contribution in [0.3, 0.4) is 0 Å². The van der Waals surface area contributed by atoms with E-state index in [2.05, 4.69) is 10.6 Å². The Balaban J connectivity index is 1.88. The molecule has 6 nitrogen and oxygen atoms in total. The smallest absolute Gasteiger partial charge is 0.313 e. The van der Waals surface area contributed by atoms with Gasteiger partial charge in [-0.15, -0.1) is 11.3 Å². The number of nitrogens with zero attached hydrogens (tertiary/aromatic N) is 1. The normalized spacial score (nSPS) is 11.7. The van der Waals surface area contributed by atoms with E-state index in [-0.39, 0.29) is 12.6 Å². The molecule has 1 atom stereocenters. The van der Waals surface area contributed by atoms with Gasteiger partial charge in [0.05, 0.1) is 0 Å². The maximum Gasteiger partial charge on any atom is 0.313 e. The highest BCUT2D eigenvalue weighted by Gasteiger charge is 2.18. The van der Waals surface area contributed by atoms with E-state index in [0.717, 1.165) is 10.6 Å². The van der Waals surface area contributed by atoms with Gasteiger partial charge in [0.15, 0.2) is 0 Å². The molecule has 7 heteroatoms. The summed E-state index contributed by atoms with van der Waals surface area (Å²) in [5, 5.41) is 5.20. The van der Waals surface area contributed by atoms with E-state index < -0.39 is 11.8 Å². The minimum atomic E-state index is -0.699. The van der Waals surface area contributed by atoms with Crippen LogP contribution in [0.15, 0.2) is 36.4 Å². The number of methoxy groups -OCH3 is 1. The molecule has 2 N–H and O–H groups in total. The zero-order valence-corrected chi connectivity index (χ0v) is 15.6. The highest BCUT2D eigenvalue weighted by Crippen LogP contribution is 2.24. The van der Waals surface area contributed by atoms with Gasteiger partial charge >= 0.3 is 11.8 Å². The molecule has 1 unspecified atom stereocenters. The molecule has 0 radical (unpaired) electrons. The number of benzene rings is 1. The van der Waals surface area contributed by atoms with Crippen molar-refractivity contribution in [2.75, 3.05) is 38.0 Å². The summed E-state index contributed by atoms with van der Waals surface area (Å²) >= 11 is 1.61. The molecule has 134 valence electrons. The van der Waals surface area contributed by atoms with E-state index in [9.17, 15) is 9.59 Å². The van der Waals surface area contributed by atoms with Gasteiger partial charge in [0, 0.05) is 48.9 Å². The van der Waals surface area contributed by atoms with Crippen molar-refractivity contribution in [3.05, 3.63) is 46.2 Å². The number of rotatable bonds is 6. The lowest BCUT2D eigenvalue weighted by atomic mass is 10.2. The van der Waals surface area contributed by atoms with Crippen LogP contribution >= 0.6 is 11.3 Å². The van der Waals surface area contributed by atoms with Crippen molar-refractivity contribution in [1.82, 2.24) is 5.32 Å². The highest BCUT2D eigenvalue weighted by atomic mass is 32.1. The summed E-state index contributed by atoms with van der Waals surface area (Å²) in [6, 6.07) is 11.2. The van der Waals surface area contributed by atoms with Crippen LogP contribution in [0, 0.1) is 6.92 Å². The fourth-order valence-electron chi connectivity index (χ4n) is 2.22. The van der Waals surface area contributed by atoms with Crippen molar-refractivity contribution >= 4 is 34.5 Å². The zero-order valence-electron chi connectivity index (χ0n) is 14.8. The molecule has 2 aromatic rings. The van der Waals surface area contributed by atoms with Gasteiger partial charge in [0.25, 0.3) is 0 Å². The third-order valence-corrected chi connectivity index (χ3v) is 4.75. The molecule has 0 fully saturated rings. The topological polar surface area (TPSA) is 70.7 Å². The standard InChI is InChI=1S/C18H23N3O3S/c1-12-5-10-16(25-12)15(24-4)11-19-17(22)18(23)20-13-6-8-14(9-7-13)21(2)3/h5-10,15H,11H2,1-4H3,(H,19,22)(H,20,23). The molecule has 1 aromatic carbocycles. The molecule has 2 rings (SSSR count). The Labute approximate surface area is 151 Å². The monoisotopic (exact) mass is 361 g/mol. The molecular formula is C18H23N3O3S. The molecule has 0 saturated carbocycles. The van der Waals surface area contributed by atoms with Crippen LogP contribution < -0.4 is 15.5 Å². The molecule has 1 heterocycles. The number of nitrogens with one attached hydrogen (secondary N) is 2. The van der Waals surface area contributed by atoms with Crippen molar-refractivity contribution in [3.8, 4) is 0 Å². The summed E-state index contributed by atoms with van der Waals surface area (Å²) in [4.78, 5) is 28.1. The first-order chi connectivity index (χ1) is 11.9. The molecule has 0 saturated heterocycles. The van der Waals surface area contributed by atoms with Crippen LogP contribution in [0.5, 0.6) is 0 Å². The zero-order chi connectivity index (χ0) is 18.4. The molecule has 25 heavy (non-hydrogen) atoms. The number of anilines is 2. The van der Waals surface area contributed by atoms with Gasteiger partial charge in [-0.3, -0.25) is 9.59 Å². The lowest BCUT2D eigenvalue weighted by Gasteiger charge is -2.15. The average Bonchev–Trinajstić information content (AvgIpc) is 3.02. The molecule has 0 aliphatic heterocycles. The SMILES string of the molecule is COC(CNC(=O)C(=O)Nc1ccc(N(C)C)cc1)c1ccc(C)s1. The van der Waals surface area contributed by atoms with Gasteiger partial charge in [-0.1, -0.05) is 0 Å². The summed E-state index contributed by atoms with van der Waals surface area (Å²) in [6.07, 6.45) is -0.269. The van der Waals surface area contributed by atoms with Crippen molar-refractivity contribution in [1.29, 1.82) is 0 Å². The first-order valence-corrected chi connectivity index (χ1v) is 8.68. The fraction of sp³-hybridized carbons (Fsp3) is 0.333. The van der Waals surface area contributed by atoms with Crippen molar-refractivity contribution in [3.63, 3.8) is 0 Å². The first-order valence-electron chi connectivity index (χ1n) is 7.86. The van der Waals surface area contributed by atoms with Crippen LogP contribution in [-0.4, -0.2) is 39.6 Å². The lowest BCUT2D eigenvalue weighted by Crippen LogP contribution is -2.37. The van der Waals surface area contributed by atoms with Crippen LogP contribution in [0.4, 0.5) is 11.4 Å². The van der Waals surface area contributed by atoms with E-state index >= 15 is 0 Å². The van der Waals surface area contributed by atoms with E-state index in [1.165, 1.54) is 4.88 Å². The third kappa shape index (κ3) is 5.30. The van der Waals surface area contributed by atoms with Gasteiger partial charge in [-0.2, -0.15) is 0 Å². The van der Waals surface area contributed by atoms with Gasteiger partial charge in [-0.25, -0.2) is 0 Å². The quantitative estimate of drug-likeness (QED) is 0.776. The number of hydrogen-bond donors (Lipinski definition) is 2. The Morgan fingerprint density at radius 1 is 1.12 bits per heavy atom. The molecule has 1 aromatic heterocycles. The number of thiophene rings is 1. The fourth-order valence-corrected chi connectivity index (χ4v) is 3.18. The summed E-state index contributed by atoms with van der Waals surface area (Å²) in [7, 11) is 5.45. The average molecular weight is 361 g/mol. The maximum absolute atomic E-state index is 12.0. The lowest BCUT2D eigenvalue weighted by molar-refractivity contribution is -0.136. The number of aryl methyl sites for hydroxylation is 1. The Kier molecular flexibility index (Phi) is 6.55. The number of hydrogen-bond acceptors (Lipinski definition) is 5. The predicted octanol–water partition coefficient (Wildman–Crippen LogP) is 2.56. The van der Waals surface area contributed by atoms with Gasteiger partial charge in [0.2, 0.25) is 0 Å². The second-order valence-electron chi connectivity index (χ2n) is 5.78. The summed E-state index contributed by atoms with van der Waals surface area (Å²) in [5.41, 5.74) is 1.58. The Morgan fingerprint density at radius 3 is 2.32 bits per heavy atom. The minimum Gasteiger partial charge on any atom is -0.378 e. The molecular weight excluding hydrogens is 338 g/mol. The first kappa shape index (κ1) is 19.0. The largest absolute Gasteiger partial charge is 0.378 e. The minimum absolute atomic E-state index is 0.238. The van der Waals surface area contributed by atoms with Crippen LogP contribution in [-0.2, 0) is 14.3 Å². The third-order valence-electron chi connectivity index (χ3n) is 3.66. The Hall–Kier alpha value is -2.38. The Bertz CT molecular complexity index is 725. The van der Waals surface area contributed by atoms with Crippen molar-refractivity contribution in [2.45, 2.75) is 13.0 Å². The Morgan fingerprint density at radius 2 is 1.80 bits per heavy atom. The van der Waals surface area contributed by atoms with E-state index in [1.54, 1.807) is 30.6 Å². The molecule has 0 aliphatic carbocycles. The van der Waals surface area contributed by atoms with E-state index in [1.807, 2.05) is 50.2 Å². The molecule has 0 bridgehead atoms. The number of carbonyl (C=O) groups excluding carboxylic acids is 2.